The average Bonchev–Trinajstić information content (AvgIpc) is 3.01. The second-order valence-electron chi connectivity index (χ2n) is 4.26. The highest BCUT2D eigenvalue weighted by Crippen LogP contribution is 2.33. The van der Waals surface area contributed by atoms with Crippen molar-refractivity contribution in [3.8, 4) is 0 Å². The summed E-state index contributed by atoms with van der Waals surface area (Å²) in [7, 11) is 3.80. The lowest BCUT2D eigenvalue weighted by atomic mass is 10.5. The Balaban J connectivity index is 1.95. The average molecular weight is 239 g/mol. The molecule has 1 heterocycles. The number of aromatic nitrogens is 3. The van der Waals surface area contributed by atoms with E-state index in [1.54, 1.807) is 0 Å². The summed E-state index contributed by atoms with van der Waals surface area (Å²) in [6.45, 7) is 0. The van der Waals surface area contributed by atoms with E-state index in [1.165, 1.54) is 18.6 Å². The van der Waals surface area contributed by atoms with E-state index in [2.05, 4.69) is 15.0 Å². The van der Waals surface area contributed by atoms with E-state index in [-0.39, 0.29) is 0 Å². The number of thioether (sulfide) groups is 1. The summed E-state index contributed by atoms with van der Waals surface area (Å²) in [5.74, 6) is 4.68. The summed E-state index contributed by atoms with van der Waals surface area (Å²) in [5, 5.41) is 0. The van der Waals surface area contributed by atoms with Gasteiger partial charge in [-0.15, -0.1) is 0 Å². The van der Waals surface area contributed by atoms with Crippen LogP contribution >= 0.6 is 11.8 Å². The summed E-state index contributed by atoms with van der Waals surface area (Å²) in [6, 6.07) is 0. The van der Waals surface area contributed by atoms with Crippen LogP contribution in [0.2, 0.25) is 0 Å². The monoisotopic (exact) mass is 239 g/mol. The second-order valence-corrected chi connectivity index (χ2v) is 5.29. The molecule has 0 radical (unpaired) electrons. The van der Waals surface area contributed by atoms with Crippen LogP contribution in [0, 0.1) is 5.92 Å². The van der Waals surface area contributed by atoms with Crippen molar-refractivity contribution < 1.29 is 0 Å². The van der Waals surface area contributed by atoms with Crippen LogP contribution in [0.1, 0.15) is 18.7 Å². The summed E-state index contributed by atoms with van der Waals surface area (Å²) < 4.78 is 0. The van der Waals surface area contributed by atoms with Crippen molar-refractivity contribution in [3.05, 3.63) is 5.82 Å². The van der Waals surface area contributed by atoms with Gasteiger partial charge in [0.05, 0.1) is 5.75 Å². The van der Waals surface area contributed by atoms with Gasteiger partial charge >= 0.3 is 0 Å². The van der Waals surface area contributed by atoms with Gasteiger partial charge in [-0.1, -0.05) is 0 Å². The molecule has 0 spiro atoms. The zero-order chi connectivity index (χ0) is 11.5. The molecule has 16 heavy (non-hydrogen) atoms. The largest absolute Gasteiger partial charge is 0.368 e. The Bertz CT molecular complexity index is 364. The standard InChI is InChI=1S/C10H17N5S/c1-15(2)10-13-8(12-9(11)14-10)6-16-5-7-3-4-7/h7H,3-6H2,1-2H3,(H2,11,12,13,14). The van der Waals surface area contributed by atoms with Crippen LogP contribution in [0.25, 0.3) is 0 Å². The van der Waals surface area contributed by atoms with Crippen LogP contribution < -0.4 is 10.6 Å². The summed E-state index contributed by atoms with van der Waals surface area (Å²) >= 11 is 1.88. The third-order valence-electron chi connectivity index (χ3n) is 2.37. The van der Waals surface area contributed by atoms with Gasteiger partial charge in [-0.05, 0) is 24.5 Å². The topological polar surface area (TPSA) is 67.9 Å². The van der Waals surface area contributed by atoms with E-state index < -0.39 is 0 Å². The highest BCUT2D eigenvalue weighted by atomic mass is 32.2. The highest BCUT2D eigenvalue weighted by Gasteiger charge is 2.20. The predicted octanol–water partition coefficient (Wildman–Crippen LogP) is 1.16. The number of nitrogen functional groups attached to an aromatic ring is 1. The van der Waals surface area contributed by atoms with Crippen LogP contribution in [-0.2, 0) is 5.75 Å². The van der Waals surface area contributed by atoms with Crippen LogP contribution in [0.3, 0.4) is 0 Å². The number of nitrogens with zero attached hydrogens (tertiary/aromatic N) is 4. The van der Waals surface area contributed by atoms with Crippen LogP contribution in [0.15, 0.2) is 0 Å². The number of anilines is 2. The van der Waals surface area contributed by atoms with Gasteiger partial charge in [0.25, 0.3) is 0 Å². The molecule has 1 aromatic rings. The maximum absolute atomic E-state index is 5.64. The predicted molar refractivity (Wildman–Crippen MR) is 67.5 cm³/mol. The molecule has 0 saturated heterocycles. The number of hydrogen-bond acceptors (Lipinski definition) is 6. The molecule has 0 unspecified atom stereocenters. The maximum atomic E-state index is 5.64. The molecule has 1 saturated carbocycles. The quantitative estimate of drug-likeness (QED) is 0.831. The van der Waals surface area contributed by atoms with Crippen LogP contribution in [0.4, 0.5) is 11.9 Å². The van der Waals surface area contributed by atoms with Gasteiger partial charge in [-0.3, -0.25) is 0 Å². The lowest BCUT2D eigenvalue weighted by Gasteiger charge is -2.11. The molecule has 0 bridgehead atoms. The Hall–Kier alpha value is -1.04. The van der Waals surface area contributed by atoms with Gasteiger partial charge < -0.3 is 10.6 Å². The minimum atomic E-state index is 0.306. The Labute approximate surface area is 99.9 Å². The highest BCUT2D eigenvalue weighted by molar-refractivity contribution is 7.98. The fourth-order valence-corrected chi connectivity index (χ4v) is 2.39. The van der Waals surface area contributed by atoms with Crippen molar-refractivity contribution in [2.45, 2.75) is 18.6 Å². The van der Waals surface area contributed by atoms with E-state index in [1.807, 2.05) is 30.8 Å². The molecular formula is C10H17N5S. The normalized spacial score (nSPS) is 15.1. The molecule has 1 aliphatic rings. The zero-order valence-corrected chi connectivity index (χ0v) is 10.5. The van der Waals surface area contributed by atoms with Crippen molar-refractivity contribution >= 4 is 23.7 Å². The SMILES string of the molecule is CN(C)c1nc(N)nc(CSCC2CC2)n1. The van der Waals surface area contributed by atoms with Gasteiger partial charge in [-0.25, -0.2) is 0 Å². The van der Waals surface area contributed by atoms with Crippen molar-refractivity contribution in [1.29, 1.82) is 0 Å². The lowest BCUT2D eigenvalue weighted by molar-refractivity contribution is 0.917. The van der Waals surface area contributed by atoms with Crippen molar-refractivity contribution in [1.82, 2.24) is 15.0 Å². The molecular weight excluding hydrogens is 222 g/mol. The van der Waals surface area contributed by atoms with E-state index in [0.29, 0.717) is 11.9 Å². The molecule has 1 fully saturated rings. The van der Waals surface area contributed by atoms with Crippen LogP contribution in [0.5, 0.6) is 0 Å². The molecule has 2 N–H and O–H groups in total. The van der Waals surface area contributed by atoms with Gasteiger partial charge in [-0.2, -0.15) is 26.7 Å². The van der Waals surface area contributed by atoms with E-state index >= 15 is 0 Å². The molecule has 88 valence electrons. The third-order valence-corrected chi connectivity index (χ3v) is 3.54. The van der Waals surface area contributed by atoms with Gasteiger partial charge in [0.2, 0.25) is 11.9 Å². The number of nitrogens with two attached hydrogens (primary N) is 1. The van der Waals surface area contributed by atoms with Gasteiger partial charge in [0, 0.05) is 14.1 Å². The van der Waals surface area contributed by atoms with Crippen molar-refractivity contribution in [2.75, 3.05) is 30.5 Å². The first-order valence-electron chi connectivity index (χ1n) is 5.40. The smallest absolute Gasteiger partial charge is 0.229 e. The molecule has 0 aliphatic heterocycles. The lowest BCUT2D eigenvalue weighted by Crippen LogP contribution is -2.16. The van der Waals surface area contributed by atoms with Gasteiger partial charge in [0.1, 0.15) is 5.82 Å². The van der Waals surface area contributed by atoms with E-state index in [0.717, 1.165) is 17.5 Å². The fraction of sp³-hybridized carbons (Fsp3) is 0.700. The molecule has 5 nitrogen and oxygen atoms in total. The molecule has 2 rings (SSSR count). The molecule has 0 amide bonds. The van der Waals surface area contributed by atoms with Crippen molar-refractivity contribution in [3.63, 3.8) is 0 Å². The fourth-order valence-electron chi connectivity index (χ4n) is 1.29. The Kier molecular flexibility index (Phi) is 3.48. The van der Waals surface area contributed by atoms with Crippen molar-refractivity contribution in [2.24, 2.45) is 5.92 Å². The molecule has 0 aromatic carbocycles. The Morgan fingerprint density at radius 3 is 2.69 bits per heavy atom. The molecule has 0 atom stereocenters. The summed E-state index contributed by atoms with van der Waals surface area (Å²) in [4.78, 5) is 14.4. The first-order chi connectivity index (χ1) is 7.65. The van der Waals surface area contributed by atoms with E-state index in [4.69, 9.17) is 5.73 Å². The minimum absolute atomic E-state index is 0.306. The van der Waals surface area contributed by atoms with E-state index in [9.17, 15) is 0 Å². The Morgan fingerprint density at radius 1 is 1.31 bits per heavy atom. The first kappa shape index (κ1) is 11.4. The van der Waals surface area contributed by atoms with Gasteiger partial charge in [0.15, 0.2) is 0 Å². The van der Waals surface area contributed by atoms with Crippen LogP contribution in [-0.4, -0.2) is 34.8 Å². The number of hydrogen-bond donors (Lipinski definition) is 1. The Morgan fingerprint density at radius 2 is 2.06 bits per heavy atom. The zero-order valence-electron chi connectivity index (χ0n) is 9.68. The summed E-state index contributed by atoms with van der Waals surface area (Å²) in [5.41, 5.74) is 5.64. The minimum Gasteiger partial charge on any atom is -0.368 e. The maximum Gasteiger partial charge on any atom is 0.229 e. The third kappa shape index (κ3) is 3.23. The summed E-state index contributed by atoms with van der Waals surface area (Å²) in [6.07, 6.45) is 2.77. The molecule has 6 heteroatoms. The molecule has 1 aromatic heterocycles. The molecule has 1 aliphatic carbocycles. The number of rotatable bonds is 5. The first-order valence-corrected chi connectivity index (χ1v) is 6.56. The second kappa shape index (κ2) is 4.86.